The van der Waals surface area contributed by atoms with Gasteiger partial charge < -0.3 is 9.84 Å². The topological polar surface area (TPSA) is 49.8 Å². The summed E-state index contributed by atoms with van der Waals surface area (Å²) in [6.45, 7) is 8.76. The number of carboxylic acids is 1. The zero-order valence-corrected chi connectivity index (χ0v) is 13.8. The third-order valence-electron chi connectivity index (χ3n) is 5.34. The molecular weight excluding hydrogens is 266 g/mol. The molecular formula is C17H31NO3. The van der Waals surface area contributed by atoms with Gasteiger partial charge in [0.25, 0.3) is 0 Å². The van der Waals surface area contributed by atoms with Crippen LogP contribution in [0.25, 0.3) is 0 Å². The molecule has 21 heavy (non-hydrogen) atoms. The molecule has 0 amide bonds. The Morgan fingerprint density at radius 3 is 2.57 bits per heavy atom. The number of hydrogen-bond acceptors (Lipinski definition) is 3. The maximum absolute atomic E-state index is 11.5. The van der Waals surface area contributed by atoms with Crippen molar-refractivity contribution in [3.63, 3.8) is 0 Å². The number of rotatable bonds is 6. The third kappa shape index (κ3) is 3.78. The first kappa shape index (κ1) is 16.8. The minimum Gasteiger partial charge on any atom is -0.481 e. The van der Waals surface area contributed by atoms with Crippen LogP contribution < -0.4 is 0 Å². The SMILES string of the molecule is CCCN(C1COCC1C(=O)O)C1CCCCC1C(C)C. The van der Waals surface area contributed by atoms with Crippen molar-refractivity contribution in [1.82, 2.24) is 4.90 Å². The fraction of sp³-hybridized carbons (Fsp3) is 0.941. The highest BCUT2D eigenvalue weighted by Gasteiger charge is 2.42. The van der Waals surface area contributed by atoms with E-state index in [0.29, 0.717) is 31.1 Å². The second-order valence-corrected chi connectivity index (χ2v) is 7.05. The van der Waals surface area contributed by atoms with Crippen molar-refractivity contribution in [2.75, 3.05) is 19.8 Å². The molecule has 0 radical (unpaired) electrons. The lowest BCUT2D eigenvalue weighted by molar-refractivity contribution is -0.143. The predicted octanol–water partition coefficient (Wildman–Crippen LogP) is 3.01. The first-order valence-corrected chi connectivity index (χ1v) is 8.62. The smallest absolute Gasteiger partial charge is 0.310 e. The van der Waals surface area contributed by atoms with E-state index in [1.807, 2.05) is 0 Å². The van der Waals surface area contributed by atoms with Crippen molar-refractivity contribution in [3.8, 4) is 0 Å². The van der Waals surface area contributed by atoms with Crippen molar-refractivity contribution in [2.24, 2.45) is 17.8 Å². The Labute approximate surface area is 128 Å². The lowest BCUT2D eigenvalue weighted by Crippen LogP contribution is -2.53. The molecule has 2 fully saturated rings. The average Bonchev–Trinajstić information content (AvgIpc) is 2.94. The van der Waals surface area contributed by atoms with Crippen molar-refractivity contribution >= 4 is 5.97 Å². The summed E-state index contributed by atoms with van der Waals surface area (Å²) in [6, 6.07) is 0.596. The third-order valence-corrected chi connectivity index (χ3v) is 5.34. The van der Waals surface area contributed by atoms with Gasteiger partial charge in [0.15, 0.2) is 0 Å². The van der Waals surface area contributed by atoms with Crippen LogP contribution in [-0.2, 0) is 9.53 Å². The molecule has 1 N–H and O–H groups in total. The van der Waals surface area contributed by atoms with Gasteiger partial charge >= 0.3 is 5.97 Å². The average molecular weight is 297 g/mol. The molecule has 0 aromatic carbocycles. The zero-order valence-electron chi connectivity index (χ0n) is 13.8. The van der Waals surface area contributed by atoms with Crippen molar-refractivity contribution in [1.29, 1.82) is 0 Å². The normalized spacial score (nSPS) is 33.8. The monoisotopic (exact) mass is 297 g/mol. The van der Waals surface area contributed by atoms with E-state index in [9.17, 15) is 9.90 Å². The van der Waals surface area contributed by atoms with E-state index in [0.717, 1.165) is 13.0 Å². The molecule has 1 saturated carbocycles. The van der Waals surface area contributed by atoms with Crippen LogP contribution in [-0.4, -0.2) is 47.8 Å². The first-order valence-electron chi connectivity index (χ1n) is 8.62. The van der Waals surface area contributed by atoms with E-state index in [1.165, 1.54) is 25.7 Å². The number of carboxylic acid groups (broad SMARTS) is 1. The summed E-state index contributed by atoms with van der Waals surface area (Å²) >= 11 is 0. The molecule has 4 nitrogen and oxygen atoms in total. The van der Waals surface area contributed by atoms with Crippen LogP contribution in [0.1, 0.15) is 52.9 Å². The highest BCUT2D eigenvalue weighted by Crippen LogP contribution is 2.36. The number of aliphatic carboxylic acids is 1. The zero-order chi connectivity index (χ0) is 15.4. The summed E-state index contributed by atoms with van der Waals surface area (Å²) in [5.74, 6) is 0.308. The van der Waals surface area contributed by atoms with Crippen LogP contribution in [0.2, 0.25) is 0 Å². The van der Waals surface area contributed by atoms with Gasteiger partial charge in [0.1, 0.15) is 0 Å². The molecule has 122 valence electrons. The number of hydrogen-bond donors (Lipinski definition) is 1. The standard InChI is InChI=1S/C17H31NO3/c1-4-9-18(16-11-21-10-14(16)17(19)20)15-8-6-5-7-13(15)12(2)3/h12-16H,4-11H2,1-3H3,(H,19,20). The van der Waals surface area contributed by atoms with Crippen LogP contribution in [0.4, 0.5) is 0 Å². The molecule has 1 heterocycles. The molecule has 1 saturated heterocycles. The van der Waals surface area contributed by atoms with Crippen LogP contribution in [0.5, 0.6) is 0 Å². The maximum Gasteiger partial charge on any atom is 0.310 e. The number of carbonyl (C=O) groups is 1. The lowest BCUT2D eigenvalue weighted by Gasteiger charge is -2.45. The van der Waals surface area contributed by atoms with E-state index in [-0.39, 0.29) is 12.0 Å². The van der Waals surface area contributed by atoms with Crippen LogP contribution >= 0.6 is 0 Å². The summed E-state index contributed by atoms with van der Waals surface area (Å²) in [5, 5.41) is 9.47. The molecule has 0 bridgehead atoms. The minimum atomic E-state index is -0.699. The second kappa shape index (κ2) is 7.59. The Morgan fingerprint density at radius 2 is 1.95 bits per heavy atom. The largest absolute Gasteiger partial charge is 0.481 e. The summed E-state index contributed by atoms with van der Waals surface area (Å²) in [4.78, 5) is 14.0. The van der Waals surface area contributed by atoms with Gasteiger partial charge in [-0.05, 0) is 37.6 Å². The van der Waals surface area contributed by atoms with Gasteiger partial charge in [0, 0.05) is 12.1 Å². The van der Waals surface area contributed by atoms with Gasteiger partial charge in [-0.2, -0.15) is 0 Å². The van der Waals surface area contributed by atoms with Crippen LogP contribution in [0.15, 0.2) is 0 Å². The summed E-state index contributed by atoms with van der Waals surface area (Å²) in [5.41, 5.74) is 0. The Hall–Kier alpha value is -0.610. The van der Waals surface area contributed by atoms with Crippen molar-refractivity contribution in [2.45, 2.75) is 65.0 Å². The fourth-order valence-electron chi connectivity index (χ4n) is 4.27. The van der Waals surface area contributed by atoms with Gasteiger partial charge in [0.05, 0.1) is 19.1 Å². The maximum atomic E-state index is 11.5. The number of ether oxygens (including phenoxy) is 1. The first-order chi connectivity index (χ1) is 10.1. The van der Waals surface area contributed by atoms with E-state index in [4.69, 9.17) is 4.74 Å². The molecule has 0 spiro atoms. The molecule has 1 aliphatic heterocycles. The Balaban J connectivity index is 2.18. The van der Waals surface area contributed by atoms with Gasteiger partial charge in [-0.3, -0.25) is 9.69 Å². The molecule has 2 rings (SSSR count). The van der Waals surface area contributed by atoms with Gasteiger partial charge in [0.2, 0.25) is 0 Å². The lowest BCUT2D eigenvalue weighted by atomic mass is 9.76. The Kier molecular flexibility index (Phi) is 6.06. The van der Waals surface area contributed by atoms with E-state index >= 15 is 0 Å². The van der Waals surface area contributed by atoms with Crippen LogP contribution in [0.3, 0.4) is 0 Å². The molecule has 0 aromatic heterocycles. The predicted molar refractivity (Wildman–Crippen MR) is 83.3 cm³/mol. The van der Waals surface area contributed by atoms with Crippen LogP contribution in [0, 0.1) is 17.8 Å². The summed E-state index contributed by atoms with van der Waals surface area (Å²) in [7, 11) is 0. The van der Waals surface area contributed by atoms with E-state index in [2.05, 4.69) is 25.7 Å². The molecule has 0 aromatic rings. The number of nitrogens with zero attached hydrogens (tertiary/aromatic N) is 1. The second-order valence-electron chi connectivity index (χ2n) is 7.05. The molecule has 4 heteroatoms. The highest BCUT2D eigenvalue weighted by molar-refractivity contribution is 5.71. The Bertz CT molecular complexity index is 345. The minimum absolute atomic E-state index is 0.0619. The molecule has 4 atom stereocenters. The molecule has 2 aliphatic rings. The van der Waals surface area contributed by atoms with E-state index in [1.54, 1.807) is 0 Å². The van der Waals surface area contributed by atoms with Gasteiger partial charge in [-0.1, -0.05) is 33.6 Å². The fourth-order valence-corrected chi connectivity index (χ4v) is 4.27. The summed E-state index contributed by atoms with van der Waals surface area (Å²) in [6.07, 6.45) is 6.17. The van der Waals surface area contributed by atoms with Crippen molar-refractivity contribution in [3.05, 3.63) is 0 Å². The van der Waals surface area contributed by atoms with Crippen molar-refractivity contribution < 1.29 is 14.6 Å². The van der Waals surface area contributed by atoms with Gasteiger partial charge in [-0.25, -0.2) is 0 Å². The van der Waals surface area contributed by atoms with Gasteiger partial charge in [-0.15, -0.1) is 0 Å². The van der Waals surface area contributed by atoms with E-state index < -0.39 is 5.97 Å². The highest BCUT2D eigenvalue weighted by atomic mass is 16.5. The Morgan fingerprint density at radius 1 is 1.24 bits per heavy atom. The summed E-state index contributed by atoms with van der Waals surface area (Å²) < 4.78 is 5.52. The molecule has 4 unspecified atom stereocenters. The molecule has 1 aliphatic carbocycles. The quantitative estimate of drug-likeness (QED) is 0.819.